The molecule has 0 aliphatic rings. The molecule has 8 aromatic rings. The number of hydrogen-bond acceptors (Lipinski definition) is 3. The minimum absolute atomic E-state index is 0.855. The molecule has 0 aliphatic carbocycles. The Morgan fingerprint density at radius 2 is 1.07 bits per heavy atom. The molecule has 0 aliphatic heterocycles. The van der Waals surface area contributed by atoms with Crippen LogP contribution in [0, 0.1) is 0 Å². The molecule has 0 saturated carbocycles. The zero-order valence-corrected chi connectivity index (χ0v) is 22.1. The number of hydrogen-bond donors (Lipinski definition) is 0. The van der Waals surface area contributed by atoms with Crippen LogP contribution in [0.2, 0.25) is 0 Å². The summed E-state index contributed by atoms with van der Waals surface area (Å²) in [7, 11) is 0. The van der Waals surface area contributed by atoms with E-state index in [-0.39, 0.29) is 0 Å². The minimum atomic E-state index is 0.855. The lowest BCUT2D eigenvalue weighted by Gasteiger charge is -2.09. The summed E-state index contributed by atoms with van der Waals surface area (Å²) in [4.78, 5) is 14.1. The van der Waals surface area contributed by atoms with E-state index in [4.69, 9.17) is 9.97 Å². The third kappa shape index (κ3) is 4.05. The van der Waals surface area contributed by atoms with E-state index in [1.165, 1.54) is 10.8 Å². The highest BCUT2D eigenvalue weighted by atomic mass is 15.0. The average molecular weight is 525 g/mol. The summed E-state index contributed by atoms with van der Waals surface area (Å²) in [6.07, 6.45) is 5.71. The van der Waals surface area contributed by atoms with E-state index in [1.807, 2.05) is 36.8 Å². The van der Waals surface area contributed by atoms with Gasteiger partial charge in [-0.2, -0.15) is 0 Å². The van der Waals surface area contributed by atoms with Crippen molar-refractivity contribution in [2.75, 3.05) is 0 Å². The molecule has 192 valence electrons. The number of nitrogens with zero attached hydrogens (tertiary/aromatic N) is 4. The second kappa shape index (κ2) is 9.54. The van der Waals surface area contributed by atoms with Gasteiger partial charge in [-0.1, -0.05) is 78.9 Å². The number of benzene rings is 4. The second-order valence-electron chi connectivity index (χ2n) is 10.2. The van der Waals surface area contributed by atoms with Gasteiger partial charge in [0.25, 0.3) is 0 Å². The maximum absolute atomic E-state index is 4.75. The van der Waals surface area contributed by atoms with Gasteiger partial charge in [0.05, 0.1) is 27.9 Å². The molecule has 0 radical (unpaired) electrons. The van der Waals surface area contributed by atoms with Gasteiger partial charge in [0, 0.05) is 40.8 Å². The third-order valence-electron chi connectivity index (χ3n) is 7.76. The molecule has 4 heterocycles. The Hall–Kier alpha value is -5.61. The minimum Gasteiger partial charge on any atom is -0.308 e. The van der Waals surface area contributed by atoms with E-state index >= 15 is 0 Å². The van der Waals surface area contributed by atoms with Crippen molar-refractivity contribution in [2.24, 2.45) is 0 Å². The second-order valence-corrected chi connectivity index (χ2v) is 10.2. The van der Waals surface area contributed by atoms with Crippen LogP contribution < -0.4 is 0 Å². The largest absolute Gasteiger partial charge is 0.308 e. The van der Waals surface area contributed by atoms with Crippen LogP contribution in [0.4, 0.5) is 0 Å². The van der Waals surface area contributed by atoms with Crippen molar-refractivity contribution in [3.63, 3.8) is 0 Å². The highest BCUT2D eigenvalue weighted by Gasteiger charge is 2.12. The van der Waals surface area contributed by atoms with Crippen molar-refractivity contribution < 1.29 is 0 Å². The molecular weight excluding hydrogens is 500 g/mol. The summed E-state index contributed by atoms with van der Waals surface area (Å²) < 4.78 is 2.27. The van der Waals surface area contributed by atoms with E-state index in [9.17, 15) is 0 Å². The molecule has 0 saturated heterocycles. The molecule has 0 atom stereocenters. The zero-order valence-electron chi connectivity index (χ0n) is 22.1. The molecular formula is C37H24N4. The number of rotatable bonds is 4. The summed E-state index contributed by atoms with van der Waals surface area (Å²) in [5.41, 5.74) is 10.5. The fraction of sp³-hybridized carbons (Fsp3) is 0. The van der Waals surface area contributed by atoms with Crippen molar-refractivity contribution >= 4 is 32.7 Å². The van der Waals surface area contributed by atoms with E-state index in [0.717, 1.165) is 61.3 Å². The van der Waals surface area contributed by atoms with Gasteiger partial charge in [-0.05, 0) is 70.4 Å². The first-order valence-corrected chi connectivity index (χ1v) is 13.7. The van der Waals surface area contributed by atoms with Gasteiger partial charge in [-0.15, -0.1) is 0 Å². The molecule has 41 heavy (non-hydrogen) atoms. The van der Waals surface area contributed by atoms with Gasteiger partial charge in [0.2, 0.25) is 0 Å². The lowest BCUT2D eigenvalue weighted by Crippen LogP contribution is -1.94. The highest BCUT2D eigenvalue weighted by molar-refractivity contribution is 6.06. The van der Waals surface area contributed by atoms with Gasteiger partial charge in [0.15, 0.2) is 0 Å². The predicted molar refractivity (Wildman–Crippen MR) is 168 cm³/mol. The standard InChI is InChI=1S/C37H24N4/c1-2-7-27-22-28(12-11-25(27)6-1)30-16-20-34(40-24-30)33-19-15-29(23-39-33)26-13-17-31(18-14-26)41-35-9-4-3-8-32(35)37-36(41)10-5-21-38-37/h1-24H. The number of pyridine rings is 3. The quantitative estimate of drug-likeness (QED) is 0.231. The van der Waals surface area contributed by atoms with Gasteiger partial charge >= 0.3 is 0 Å². The van der Waals surface area contributed by atoms with E-state index in [0.29, 0.717) is 0 Å². The van der Waals surface area contributed by atoms with Gasteiger partial charge in [0.1, 0.15) is 0 Å². The summed E-state index contributed by atoms with van der Waals surface area (Å²) in [6.45, 7) is 0. The van der Waals surface area contributed by atoms with Gasteiger partial charge in [-0.25, -0.2) is 0 Å². The molecule has 0 spiro atoms. The third-order valence-corrected chi connectivity index (χ3v) is 7.76. The van der Waals surface area contributed by atoms with Crippen molar-refractivity contribution in [2.45, 2.75) is 0 Å². The molecule has 0 bridgehead atoms. The van der Waals surface area contributed by atoms with Crippen molar-refractivity contribution in [1.82, 2.24) is 19.5 Å². The molecule has 0 fully saturated rings. The van der Waals surface area contributed by atoms with Crippen LogP contribution in [-0.2, 0) is 0 Å². The Labute approximate surface area is 237 Å². The van der Waals surface area contributed by atoms with Crippen LogP contribution in [0.3, 0.4) is 0 Å². The molecule has 4 nitrogen and oxygen atoms in total. The lowest BCUT2D eigenvalue weighted by molar-refractivity contribution is 1.17. The van der Waals surface area contributed by atoms with Crippen LogP contribution in [0.15, 0.2) is 146 Å². The Balaban J connectivity index is 1.06. The summed E-state index contributed by atoms with van der Waals surface area (Å²) in [6, 6.07) is 44.4. The summed E-state index contributed by atoms with van der Waals surface area (Å²) in [5, 5.41) is 3.63. The highest BCUT2D eigenvalue weighted by Crippen LogP contribution is 2.32. The SMILES string of the molecule is c1ccc2cc(-c3ccc(-c4ccc(-c5ccc(-n6c7ccccc7c7ncccc76)cc5)cn4)nc3)ccc2c1. The fourth-order valence-electron chi connectivity index (χ4n) is 5.67. The van der Waals surface area contributed by atoms with Gasteiger partial charge < -0.3 is 4.57 Å². The number of fused-ring (bicyclic) bond motifs is 4. The maximum atomic E-state index is 4.75. The Kier molecular flexibility index (Phi) is 5.42. The molecule has 0 unspecified atom stereocenters. The molecule has 0 N–H and O–H groups in total. The Morgan fingerprint density at radius 1 is 0.439 bits per heavy atom. The number of para-hydroxylation sites is 1. The lowest BCUT2D eigenvalue weighted by atomic mass is 10.0. The average Bonchev–Trinajstić information content (AvgIpc) is 3.39. The summed E-state index contributed by atoms with van der Waals surface area (Å²) in [5.74, 6) is 0. The molecule has 4 aromatic heterocycles. The summed E-state index contributed by atoms with van der Waals surface area (Å²) >= 11 is 0. The van der Waals surface area contributed by atoms with Crippen molar-refractivity contribution in [3.8, 4) is 39.3 Å². The van der Waals surface area contributed by atoms with E-state index in [1.54, 1.807) is 0 Å². The van der Waals surface area contributed by atoms with Crippen molar-refractivity contribution in [3.05, 3.63) is 146 Å². The fourth-order valence-corrected chi connectivity index (χ4v) is 5.67. The number of aromatic nitrogens is 4. The maximum Gasteiger partial charge on any atom is 0.0963 e. The Morgan fingerprint density at radius 3 is 1.83 bits per heavy atom. The predicted octanol–water partition coefficient (Wildman–Crippen LogP) is 9.12. The molecule has 0 amide bonds. The molecule has 4 aromatic carbocycles. The first kappa shape index (κ1) is 23.3. The monoisotopic (exact) mass is 524 g/mol. The smallest absolute Gasteiger partial charge is 0.0963 e. The zero-order chi connectivity index (χ0) is 27.2. The Bertz CT molecular complexity index is 2120. The van der Waals surface area contributed by atoms with Crippen LogP contribution in [0.5, 0.6) is 0 Å². The van der Waals surface area contributed by atoms with Crippen molar-refractivity contribution in [1.29, 1.82) is 0 Å². The topological polar surface area (TPSA) is 43.6 Å². The van der Waals surface area contributed by atoms with Crippen LogP contribution in [0.25, 0.3) is 72.0 Å². The first-order valence-electron chi connectivity index (χ1n) is 13.7. The van der Waals surface area contributed by atoms with Crippen LogP contribution in [0.1, 0.15) is 0 Å². The molecule has 4 heteroatoms. The van der Waals surface area contributed by atoms with Crippen LogP contribution >= 0.6 is 0 Å². The molecule has 8 rings (SSSR count). The van der Waals surface area contributed by atoms with Gasteiger partial charge in [-0.3, -0.25) is 15.0 Å². The normalized spacial score (nSPS) is 11.4. The van der Waals surface area contributed by atoms with E-state index < -0.39 is 0 Å². The van der Waals surface area contributed by atoms with E-state index in [2.05, 4.69) is 119 Å². The first-order chi connectivity index (χ1) is 20.3. The van der Waals surface area contributed by atoms with Crippen LogP contribution in [-0.4, -0.2) is 19.5 Å².